The highest BCUT2D eigenvalue weighted by molar-refractivity contribution is 6.32. The molecule has 0 saturated carbocycles. The normalized spacial score (nSPS) is 12.0. The molecule has 108 valence electrons. The van der Waals surface area contributed by atoms with Crippen molar-refractivity contribution in [2.45, 2.75) is 6.18 Å². The van der Waals surface area contributed by atoms with E-state index in [1.165, 1.54) is 30.3 Å². The van der Waals surface area contributed by atoms with Crippen molar-refractivity contribution in [3.8, 4) is 5.69 Å². The van der Waals surface area contributed by atoms with Crippen LogP contribution in [0.2, 0.25) is 5.02 Å². The van der Waals surface area contributed by atoms with Gasteiger partial charge in [0.1, 0.15) is 0 Å². The minimum Gasteiger partial charge on any atom is -0.399 e. The number of imidazole rings is 1. The Morgan fingerprint density at radius 3 is 2.48 bits per heavy atom. The van der Waals surface area contributed by atoms with E-state index >= 15 is 0 Å². The minimum absolute atomic E-state index is 0.169. The Bertz CT molecular complexity index is 824. The predicted octanol–water partition coefficient (Wildman–Crippen LogP) is 4.28. The first-order valence-corrected chi connectivity index (χ1v) is 6.36. The Labute approximate surface area is 122 Å². The number of hydrogen-bond acceptors (Lipinski definition) is 2. The maximum Gasteiger partial charge on any atom is 0.450 e. The number of aromatic nitrogens is 2. The first kappa shape index (κ1) is 13.8. The molecule has 3 rings (SSSR count). The number of nitrogens with zero attached hydrogens (tertiary/aromatic N) is 2. The number of nitrogen functional groups attached to an aromatic ring is 1. The summed E-state index contributed by atoms with van der Waals surface area (Å²) >= 11 is 6.03. The van der Waals surface area contributed by atoms with Gasteiger partial charge in [-0.05, 0) is 30.3 Å². The SMILES string of the molecule is Nc1ccc2c(c1)nc(C(F)(F)F)n2-c1ccccc1Cl. The zero-order chi connectivity index (χ0) is 15.2. The summed E-state index contributed by atoms with van der Waals surface area (Å²) in [7, 11) is 0. The number of anilines is 1. The highest BCUT2D eigenvalue weighted by Gasteiger charge is 2.38. The number of rotatable bonds is 1. The highest BCUT2D eigenvalue weighted by atomic mass is 35.5. The number of para-hydroxylation sites is 1. The van der Waals surface area contributed by atoms with Gasteiger partial charge in [-0.15, -0.1) is 0 Å². The summed E-state index contributed by atoms with van der Waals surface area (Å²) in [5.41, 5.74) is 6.64. The molecule has 0 aliphatic carbocycles. The van der Waals surface area contributed by atoms with Gasteiger partial charge in [0.25, 0.3) is 0 Å². The van der Waals surface area contributed by atoms with Crippen LogP contribution >= 0.6 is 11.6 Å². The van der Waals surface area contributed by atoms with Gasteiger partial charge < -0.3 is 5.73 Å². The minimum atomic E-state index is -4.60. The Kier molecular flexibility index (Phi) is 3.06. The van der Waals surface area contributed by atoms with Gasteiger partial charge in [-0.1, -0.05) is 23.7 Å². The fraction of sp³-hybridized carbons (Fsp3) is 0.0714. The zero-order valence-electron chi connectivity index (χ0n) is 10.5. The molecule has 0 saturated heterocycles. The van der Waals surface area contributed by atoms with Gasteiger partial charge in [-0.2, -0.15) is 13.2 Å². The second-order valence-corrected chi connectivity index (χ2v) is 4.88. The first-order valence-electron chi connectivity index (χ1n) is 5.98. The van der Waals surface area contributed by atoms with E-state index in [1.807, 2.05) is 0 Å². The van der Waals surface area contributed by atoms with Crippen molar-refractivity contribution in [3.05, 3.63) is 53.3 Å². The lowest BCUT2D eigenvalue weighted by molar-refractivity contribution is -0.145. The Balaban J connectivity index is 2.42. The van der Waals surface area contributed by atoms with Gasteiger partial charge in [-0.25, -0.2) is 4.98 Å². The standard InChI is InChI=1S/C14H9ClF3N3/c15-9-3-1-2-4-11(9)21-12-6-5-8(19)7-10(12)20-13(21)14(16,17)18/h1-7H,19H2. The van der Waals surface area contributed by atoms with Crippen molar-refractivity contribution < 1.29 is 13.2 Å². The van der Waals surface area contributed by atoms with Crippen LogP contribution in [0.5, 0.6) is 0 Å². The lowest BCUT2D eigenvalue weighted by Crippen LogP contribution is -2.14. The van der Waals surface area contributed by atoms with Crippen molar-refractivity contribution in [1.82, 2.24) is 9.55 Å². The fourth-order valence-corrected chi connectivity index (χ4v) is 2.38. The van der Waals surface area contributed by atoms with Crippen LogP contribution in [0.4, 0.5) is 18.9 Å². The molecular formula is C14H9ClF3N3. The van der Waals surface area contributed by atoms with E-state index < -0.39 is 12.0 Å². The second-order valence-electron chi connectivity index (χ2n) is 4.47. The molecule has 3 nitrogen and oxygen atoms in total. The first-order chi connectivity index (χ1) is 9.88. The third kappa shape index (κ3) is 2.31. The maximum absolute atomic E-state index is 13.2. The van der Waals surface area contributed by atoms with E-state index in [2.05, 4.69) is 4.98 Å². The summed E-state index contributed by atoms with van der Waals surface area (Å²) in [6, 6.07) is 10.7. The maximum atomic E-state index is 13.2. The van der Waals surface area contributed by atoms with Crippen molar-refractivity contribution in [2.75, 3.05) is 5.73 Å². The van der Waals surface area contributed by atoms with E-state index in [9.17, 15) is 13.2 Å². The molecule has 0 aliphatic heterocycles. The van der Waals surface area contributed by atoms with Crippen molar-refractivity contribution in [2.24, 2.45) is 0 Å². The molecule has 2 N–H and O–H groups in total. The summed E-state index contributed by atoms with van der Waals surface area (Å²) in [5.74, 6) is -1.03. The summed E-state index contributed by atoms with van der Waals surface area (Å²) < 4.78 is 40.7. The quantitative estimate of drug-likeness (QED) is 0.682. The number of benzene rings is 2. The lowest BCUT2D eigenvalue weighted by atomic mass is 10.2. The third-order valence-electron chi connectivity index (χ3n) is 3.03. The number of alkyl halides is 3. The second kappa shape index (κ2) is 4.66. The summed E-state index contributed by atoms with van der Waals surface area (Å²) in [6.45, 7) is 0. The molecule has 0 aliphatic rings. The number of fused-ring (bicyclic) bond motifs is 1. The summed E-state index contributed by atoms with van der Waals surface area (Å²) in [6.07, 6.45) is -4.60. The average Bonchev–Trinajstić information content (AvgIpc) is 2.77. The fourth-order valence-electron chi connectivity index (χ4n) is 2.16. The van der Waals surface area contributed by atoms with Gasteiger partial charge in [0, 0.05) is 5.69 Å². The van der Waals surface area contributed by atoms with E-state index in [4.69, 9.17) is 17.3 Å². The molecular weight excluding hydrogens is 303 g/mol. The summed E-state index contributed by atoms with van der Waals surface area (Å²) in [5, 5.41) is 0.208. The van der Waals surface area contributed by atoms with Gasteiger partial charge in [0.05, 0.1) is 21.7 Å². The number of nitrogens with two attached hydrogens (primary N) is 1. The molecule has 21 heavy (non-hydrogen) atoms. The van der Waals surface area contributed by atoms with Crippen LogP contribution in [0, 0.1) is 0 Å². The molecule has 3 aromatic rings. The van der Waals surface area contributed by atoms with Crippen LogP contribution in [-0.4, -0.2) is 9.55 Å². The number of halogens is 4. The Hall–Kier alpha value is -2.21. The van der Waals surface area contributed by atoms with Gasteiger partial charge in [0.2, 0.25) is 5.82 Å². The largest absolute Gasteiger partial charge is 0.450 e. The molecule has 0 atom stereocenters. The molecule has 0 unspecified atom stereocenters. The topological polar surface area (TPSA) is 43.8 Å². The summed E-state index contributed by atoms with van der Waals surface area (Å²) in [4.78, 5) is 3.66. The van der Waals surface area contributed by atoms with Crippen LogP contribution in [0.3, 0.4) is 0 Å². The Morgan fingerprint density at radius 2 is 1.81 bits per heavy atom. The number of hydrogen-bond donors (Lipinski definition) is 1. The van der Waals surface area contributed by atoms with Crippen LogP contribution in [-0.2, 0) is 6.18 Å². The molecule has 7 heteroatoms. The van der Waals surface area contributed by atoms with Crippen LogP contribution in [0.15, 0.2) is 42.5 Å². The van der Waals surface area contributed by atoms with Gasteiger partial charge >= 0.3 is 6.18 Å². The van der Waals surface area contributed by atoms with Crippen molar-refractivity contribution in [3.63, 3.8) is 0 Å². The van der Waals surface area contributed by atoms with Crippen LogP contribution in [0.1, 0.15) is 5.82 Å². The van der Waals surface area contributed by atoms with Crippen LogP contribution in [0.25, 0.3) is 16.7 Å². The third-order valence-corrected chi connectivity index (χ3v) is 3.35. The molecule has 1 heterocycles. The molecule has 0 fully saturated rings. The predicted molar refractivity (Wildman–Crippen MR) is 75.5 cm³/mol. The monoisotopic (exact) mass is 311 g/mol. The average molecular weight is 312 g/mol. The van der Waals surface area contributed by atoms with E-state index in [0.29, 0.717) is 11.2 Å². The van der Waals surface area contributed by atoms with E-state index in [-0.39, 0.29) is 16.2 Å². The zero-order valence-corrected chi connectivity index (χ0v) is 11.3. The lowest BCUT2D eigenvalue weighted by Gasteiger charge is -2.12. The van der Waals surface area contributed by atoms with E-state index in [0.717, 1.165) is 4.57 Å². The van der Waals surface area contributed by atoms with Gasteiger partial charge in [0.15, 0.2) is 0 Å². The van der Waals surface area contributed by atoms with E-state index in [1.54, 1.807) is 12.1 Å². The molecule has 0 bridgehead atoms. The molecule has 0 amide bonds. The van der Waals surface area contributed by atoms with Crippen LogP contribution < -0.4 is 5.73 Å². The smallest absolute Gasteiger partial charge is 0.399 e. The van der Waals surface area contributed by atoms with Crippen molar-refractivity contribution in [1.29, 1.82) is 0 Å². The molecule has 2 aromatic carbocycles. The highest BCUT2D eigenvalue weighted by Crippen LogP contribution is 2.35. The Morgan fingerprint density at radius 1 is 1.10 bits per heavy atom. The van der Waals surface area contributed by atoms with Crippen molar-refractivity contribution >= 4 is 28.3 Å². The van der Waals surface area contributed by atoms with Gasteiger partial charge in [-0.3, -0.25) is 4.57 Å². The molecule has 0 radical (unpaired) electrons. The molecule has 1 aromatic heterocycles. The molecule has 0 spiro atoms.